The first-order valence-corrected chi connectivity index (χ1v) is 7.72. The number of unbranched alkanes of at least 4 members (excludes halogenated alkanes) is 1. The zero-order valence-electron chi connectivity index (χ0n) is 12.0. The molecule has 0 bridgehead atoms. The fourth-order valence-corrected chi connectivity index (χ4v) is 2.81. The van der Waals surface area contributed by atoms with Crippen LogP contribution in [0.4, 0.5) is 0 Å². The maximum atomic E-state index is 6.18. The second-order valence-electron chi connectivity index (χ2n) is 5.54. The topological polar surface area (TPSA) is 44.0 Å². The van der Waals surface area contributed by atoms with Crippen molar-refractivity contribution >= 4 is 11.6 Å². The smallest absolute Gasteiger partial charge is 0.151 e. The van der Waals surface area contributed by atoms with Gasteiger partial charge in [0.2, 0.25) is 0 Å². The molecular weight excluding hydrogens is 260 g/mol. The molecule has 0 saturated carbocycles. The second-order valence-corrected chi connectivity index (χ2v) is 5.90. The summed E-state index contributed by atoms with van der Waals surface area (Å²) in [5, 5.41) is 4.21. The van der Waals surface area contributed by atoms with Crippen molar-refractivity contribution in [3.63, 3.8) is 0 Å². The van der Waals surface area contributed by atoms with E-state index < -0.39 is 0 Å². The number of aryl methyl sites for hydroxylation is 1. The summed E-state index contributed by atoms with van der Waals surface area (Å²) in [6.45, 7) is 5.31. The van der Waals surface area contributed by atoms with Gasteiger partial charge in [0.05, 0.1) is 5.69 Å². The van der Waals surface area contributed by atoms with Gasteiger partial charge in [-0.15, -0.1) is 0 Å². The quantitative estimate of drug-likeness (QED) is 0.844. The highest BCUT2D eigenvalue weighted by Gasteiger charge is 2.17. The van der Waals surface area contributed by atoms with Gasteiger partial charge < -0.3 is 15.2 Å². The van der Waals surface area contributed by atoms with Crippen molar-refractivity contribution in [1.29, 1.82) is 0 Å². The molecule has 2 N–H and O–H groups in total. The van der Waals surface area contributed by atoms with Gasteiger partial charge in [-0.1, -0.05) is 24.9 Å². The molecule has 0 spiro atoms. The summed E-state index contributed by atoms with van der Waals surface area (Å²) < 4.78 is 0. The minimum atomic E-state index is 0.567. The van der Waals surface area contributed by atoms with Crippen LogP contribution in [0, 0.1) is 0 Å². The molecule has 4 nitrogen and oxygen atoms in total. The number of nitrogens with one attached hydrogen (secondary N) is 2. The number of aromatic amines is 1. The van der Waals surface area contributed by atoms with E-state index in [-0.39, 0.29) is 0 Å². The molecule has 19 heavy (non-hydrogen) atoms. The van der Waals surface area contributed by atoms with Crippen molar-refractivity contribution in [1.82, 2.24) is 20.2 Å². The third kappa shape index (κ3) is 4.48. The van der Waals surface area contributed by atoms with Crippen LogP contribution >= 0.6 is 11.6 Å². The van der Waals surface area contributed by atoms with Gasteiger partial charge in [-0.2, -0.15) is 0 Å². The molecule has 108 valence electrons. The fraction of sp³-hybridized carbons (Fsp3) is 0.786. The maximum Gasteiger partial charge on any atom is 0.151 e. The van der Waals surface area contributed by atoms with E-state index >= 15 is 0 Å². The molecule has 0 aromatic carbocycles. The Bertz CT molecular complexity index is 391. The van der Waals surface area contributed by atoms with E-state index in [4.69, 9.17) is 11.6 Å². The van der Waals surface area contributed by atoms with Crippen LogP contribution in [0.2, 0.25) is 5.15 Å². The number of hydrogen-bond acceptors (Lipinski definition) is 3. The van der Waals surface area contributed by atoms with Gasteiger partial charge in [0.1, 0.15) is 5.82 Å². The first-order valence-electron chi connectivity index (χ1n) is 7.34. The zero-order chi connectivity index (χ0) is 13.7. The van der Waals surface area contributed by atoms with Crippen LogP contribution in [0.1, 0.15) is 44.1 Å². The molecule has 1 aromatic rings. The fourth-order valence-electron chi connectivity index (χ4n) is 2.60. The Kier molecular flexibility index (Phi) is 5.67. The normalized spacial score (nSPS) is 20.9. The summed E-state index contributed by atoms with van der Waals surface area (Å²) >= 11 is 6.18. The molecule has 0 radical (unpaired) electrons. The van der Waals surface area contributed by atoms with Crippen molar-refractivity contribution in [2.75, 3.05) is 20.1 Å². The molecule has 5 heteroatoms. The van der Waals surface area contributed by atoms with Crippen LogP contribution in [0.5, 0.6) is 0 Å². The molecule has 1 atom stereocenters. The third-order valence-corrected chi connectivity index (χ3v) is 4.05. The van der Waals surface area contributed by atoms with Crippen molar-refractivity contribution in [3.8, 4) is 0 Å². The Morgan fingerprint density at radius 2 is 2.37 bits per heavy atom. The molecule has 1 aliphatic rings. The van der Waals surface area contributed by atoms with E-state index in [1.165, 1.54) is 25.8 Å². The van der Waals surface area contributed by atoms with Gasteiger partial charge in [0, 0.05) is 25.6 Å². The van der Waals surface area contributed by atoms with Crippen LogP contribution in [0.25, 0.3) is 0 Å². The average molecular weight is 285 g/mol. The van der Waals surface area contributed by atoms with Crippen molar-refractivity contribution in [3.05, 3.63) is 16.7 Å². The highest BCUT2D eigenvalue weighted by atomic mass is 35.5. The number of likely N-dealkylation sites (tertiary alicyclic amines) is 1. The summed E-state index contributed by atoms with van der Waals surface area (Å²) in [5.41, 5.74) is 1.03. The molecular formula is C14H25ClN4. The largest absolute Gasteiger partial charge is 0.344 e. The van der Waals surface area contributed by atoms with E-state index in [0.717, 1.165) is 37.4 Å². The Morgan fingerprint density at radius 1 is 1.53 bits per heavy atom. The predicted molar refractivity (Wildman–Crippen MR) is 79.6 cm³/mol. The van der Waals surface area contributed by atoms with E-state index in [1.54, 1.807) is 0 Å². The Hall–Kier alpha value is -0.580. The first-order chi connectivity index (χ1) is 9.19. The lowest BCUT2D eigenvalue weighted by molar-refractivity contribution is 0.226. The third-order valence-electron chi connectivity index (χ3n) is 3.74. The minimum absolute atomic E-state index is 0.567. The van der Waals surface area contributed by atoms with E-state index in [9.17, 15) is 0 Å². The molecule has 2 heterocycles. The second kappa shape index (κ2) is 7.27. The summed E-state index contributed by atoms with van der Waals surface area (Å²) in [4.78, 5) is 10.1. The van der Waals surface area contributed by atoms with Gasteiger partial charge in [-0.3, -0.25) is 0 Å². The van der Waals surface area contributed by atoms with Crippen LogP contribution in [0.15, 0.2) is 0 Å². The van der Waals surface area contributed by atoms with Crippen molar-refractivity contribution in [2.24, 2.45) is 0 Å². The van der Waals surface area contributed by atoms with Gasteiger partial charge in [-0.25, -0.2) is 4.98 Å². The molecule has 1 unspecified atom stereocenters. The minimum Gasteiger partial charge on any atom is -0.344 e. The molecule has 1 saturated heterocycles. The number of nitrogens with zero attached hydrogens (tertiary/aromatic N) is 2. The Labute approximate surface area is 120 Å². The molecule has 0 amide bonds. The number of hydrogen-bond donors (Lipinski definition) is 2. The monoisotopic (exact) mass is 284 g/mol. The number of rotatable bonds is 6. The highest BCUT2D eigenvalue weighted by Crippen LogP contribution is 2.15. The van der Waals surface area contributed by atoms with Crippen LogP contribution in [0.3, 0.4) is 0 Å². The molecule has 0 aliphatic carbocycles. The van der Waals surface area contributed by atoms with E-state index in [1.807, 2.05) is 0 Å². The van der Waals surface area contributed by atoms with Gasteiger partial charge in [0.15, 0.2) is 5.15 Å². The maximum absolute atomic E-state index is 6.18. The standard InChI is InChI=1S/C14H25ClN4/c1-3-4-7-13-17-12(14(15)18-13)9-16-11-6-5-8-19(2)10-11/h11,16H,3-10H2,1-2H3,(H,17,18). The number of piperidine rings is 1. The van der Waals surface area contributed by atoms with Crippen molar-refractivity contribution < 1.29 is 0 Å². The lowest BCUT2D eigenvalue weighted by atomic mass is 10.1. The lowest BCUT2D eigenvalue weighted by Gasteiger charge is -2.30. The van der Waals surface area contributed by atoms with Gasteiger partial charge >= 0.3 is 0 Å². The van der Waals surface area contributed by atoms with Gasteiger partial charge in [0.25, 0.3) is 0 Å². The summed E-state index contributed by atoms with van der Waals surface area (Å²) in [6.07, 6.45) is 5.85. The van der Waals surface area contributed by atoms with E-state index in [2.05, 4.69) is 34.2 Å². The predicted octanol–water partition coefficient (Wildman–Crippen LogP) is 2.59. The zero-order valence-corrected chi connectivity index (χ0v) is 12.8. The highest BCUT2D eigenvalue weighted by molar-refractivity contribution is 6.30. The molecule has 1 fully saturated rings. The van der Waals surface area contributed by atoms with Crippen molar-refractivity contribution in [2.45, 2.75) is 51.6 Å². The average Bonchev–Trinajstić information content (AvgIpc) is 2.75. The van der Waals surface area contributed by atoms with Crippen LogP contribution < -0.4 is 5.32 Å². The number of H-pyrrole nitrogens is 1. The van der Waals surface area contributed by atoms with Gasteiger partial charge in [-0.05, 0) is 32.9 Å². The number of halogens is 1. The van der Waals surface area contributed by atoms with E-state index in [0.29, 0.717) is 11.2 Å². The molecule has 1 aromatic heterocycles. The SMILES string of the molecule is CCCCc1nc(Cl)c(CNC2CCCN(C)C2)[nH]1. The number of likely N-dealkylation sites (N-methyl/N-ethyl adjacent to an activating group) is 1. The summed E-state index contributed by atoms with van der Waals surface area (Å²) in [5.74, 6) is 1.02. The summed E-state index contributed by atoms with van der Waals surface area (Å²) in [6, 6.07) is 0.567. The first kappa shape index (κ1) is 14.8. The molecule has 1 aliphatic heterocycles. The summed E-state index contributed by atoms with van der Waals surface area (Å²) in [7, 11) is 2.18. The lowest BCUT2D eigenvalue weighted by Crippen LogP contribution is -2.43. The molecule has 2 rings (SSSR count). The Morgan fingerprint density at radius 3 is 3.11 bits per heavy atom. The van der Waals surface area contributed by atoms with Crippen LogP contribution in [-0.4, -0.2) is 41.0 Å². The Balaban J connectivity index is 1.83. The number of aromatic nitrogens is 2. The number of imidazole rings is 1. The van der Waals surface area contributed by atoms with Crippen LogP contribution in [-0.2, 0) is 13.0 Å².